The molecule has 0 bridgehead atoms. The van der Waals surface area contributed by atoms with Crippen LogP contribution in [-0.2, 0) is 6.42 Å². The van der Waals surface area contributed by atoms with Gasteiger partial charge in [-0.3, -0.25) is 20.0 Å². The van der Waals surface area contributed by atoms with Crippen LogP contribution in [0.1, 0.15) is 35.1 Å². The molecule has 7 heteroatoms. The molecule has 0 atom stereocenters. The highest BCUT2D eigenvalue weighted by atomic mass is 16.6. The number of nitro groups is 1. The molecule has 0 saturated heterocycles. The first kappa shape index (κ1) is 15.7. The number of carbonyl (C=O) groups is 1. The molecule has 1 heterocycles. The minimum atomic E-state index is -0.551. The van der Waals surface area contributed by atoms with E-state index in [2.05, 4.69) is 10.2 Å². The summed E-state index contributed by atoms with van der Waals surface area (Å²) in [5, 5.41) is 17.7. The molecule has 2 rings (SSSR count). The van der Waals surface area contributed by atoms with E-state index in [-0.39, 0.29) is 11.4 Å². The number of hydrogen-bond acceptors (Lipinski definition) is 4. The zero-order chi connectivity index (χ0) is 16.3. The Morgan fingerprint density at radius 1 is 1.36 bits per heavy atom. The standard InChI is InChI=1S/C15H18N4O3/c1-4-5-12-14(19(21)22)13(17-16-12)15(20)18(3)11-8-6-10(2)7-9-11/h6-9H,4-5H2,1-3H3,(H,16,17). The SMILES string of the molecule is CCCc1[nH]nc(C(=O)N(C)c2ccc(C)cc2)c1[N+](=O)[O-]. The van der Waals surface area contributed by atoms with Crippen LogP contribution < -0.4 is 4.90 Å². The maximum absolute atomic E-state index is 12.5. The predicted octanol–water partition coefficient (Wildman–Crippen LogP) is 2.86. The second-order valence-electron chi connectivity index (χ2n) is 5.11. The Balaban J connectivity index is 2.36. The lowest BCUT2D eigenvalue weighted by Gasteiger charge is -2.15. The van der Waals surface area contributed by atoms with Gasteiger partial charge < -0.3 is 4.90 Å². The van der Waals surface area contributed by atoms with E-state index in [1.165, 1.54) is 4.90 Å². The van der Waals surface area contributed by atoms with Crippen LogP contribution in [0.2, 0.25) is 0 Å². The molecule has 22 heavy (non-hydrogen) atoms. The van der Waals surface area contributed by atoms with Crippen molar-refractivity contribution in [3.63, 3.8) is 0 Å². The molecule has 0 aliphatic carbocycles. The summed E-state index contributed by atoms with van der Waals surface area (Å²) < 4.78 is 0. The number of benzene rings is 1. The summed E-state index contributed by atoms with van der Waals surface area (Å²) in [7, 11) is 1.57. The number of anilines is 1. The Morgan fingerprint density at radius 2 is 2.00 bits per heavy atom. The van der Waals surface area contributed by atoms with E-state index in [1.807, 2.05) is 26.0 Å². The molecule has 1 amide bonds. The first-order valence-electron chi connectivity index (χ1n) is 7.02. The van der Waals surface area contributed by atoms with Gasteiger partial charge in [-0.2, -0.15) is 5.10 Å². The molecule has 0 spiro atoms. The summed E-state index contributed by atoms with van der Waals surface area (Å²) in [6, 6.07) is 7.33. The van der Waals surface area contributed by atoms with Gasteiger partial charge in [-0.1, -0.05) is 31.0 Å². The topological polar surface area (TPSA) is 92.1 Å². The molecule has 0 radical (unpaired) electrons. The van der Waals surface area contributed by atoms with Crippen molar-refractivity contribution in [1.29, 1.82) is 0 Å². The van der Waals surface area contributed by atoms with Gasteiger partial charge in [0, 0.05) is 12.7 Å². The van der Waals surface area contributed by atoms with Crippen molar-refractivity contribution in [2.24, 2.45) is 0 Å². The third kappa shape index (κ3) is 2.98. The second-order valence-corrected chi connectivity index (χ2v) is 5.11. The van der Waals surface area contributed by atoms with E-state index in [0.29, 0.717) is 17.8 Å². The third-order valence-electron chi connectivity index (χ3n) is 3.42. The maximum Gasteiger partial charge on any atom is 0.322 e. The lowest BCUT2D eigenvalue weighted by atomic mass is 10.2. The largest absolute Gasteiger partial charge is 0.322 e. The molecule has 0 unspecified atom stereocenters. The Hall–Kier alpha value is -2.70. The van der Waals surface area contributed by atoms with Gasteiger partial charge in [0.05, 0.1) is 4.92 Å². The number of hydrogen-bond donors (Lipinski definition) is 1. The van der Waals surface area contributed by atoms with Gasteiger partial charge in [-0.05, 0) is 25.5 Å². The van der Waals surface area contributed by atoms with E-state index in [9.17, 15) is 14.9 Å². The smallest absolute Gasteiger partial charge is 0.310 e. The number of aromatic nitrogens is 2. The van der Waals surface area contributed by atoms with Crippen molar-refractivity contribution in [2.45, 2.75) is 26.7 Å². The number of nitrogens with one attached hydrogen (secondary N) is 1. The predicted molar refractivity (Wildman–Crippen MR) is 83.1 cm³/mol. The average Bonchev–Trinajstić information content (AvgIpc) is 2.91. The first-order chi connectivity index (χ1) is 10.5. The second kappa shape index (κ2) is 6.38. The Labute approximate surface area is 128 Å². The normalized spacial score (nSPS) is 10.5. The van der Waals surface area contributed by atoms with E-state index >= 15 is 0 Å². The lowest BCUT2D eigenvalue weighted by molar-refractivity contribution is -0.385. The fraction of sp³-hybridized carbons (Fsp3) is 0.333. The van der Waals surface area contributed by atoms with Crippen LogP contribution >= 0.6 is 0 Å². The van der Waals surface area contributed by atoms with Gasteiger partial charge in [0.1, 0.15) is 5.69 Å². The van der Waals surface area contributed by atoms with Crippen LogP contribution in [0.5, 0.6) is 0 Å². The van der Waals surface area contributed by atoms with E-state index in [4.69, 9.17) is 0 Å². The van der Waals surface area contributed by atoms with Gasteiger partial charge in [0.25, 0.3) is 5.91 Å². The molecular formula is C15H18N4O3. The van der Waals surface area contributed by atoms with E-state index < -0.39 is 10.8 Å². The van der Waals surface area contributed by atoms with Crippen molar-refractivity contribution in [1.82, 2.24) is 10.2 Å². The monoisotopic (exact) mass is 302 g/mol. The molecule has 2 aromatic rings. The number of nitrogens with zero attached hydrogens (tertiary/aromatic N) is 3. The molecule has 7 nitrogen and oxygen atoms in total. The highest BCUT2D eigenvalue weighted by Crippen LogP contribution is 2.25. The number of carbonyl (C=O) groups excluding carboxylic acids is 1. The summed E-state index contributed by atoms with van der Waals surface area (Å²) in [6.07, 6.45) is 1.20. The van der Waals surface area contributed by atoms with Crippen LogP contribution in [0, 0.1) is 17.0 Å². The Kier molecular flexibility index (Phi) is 4.55. The molecule has 116 valence electrons. The zero-order valence-electron chi connectivity index (χ0n) is 12.8. The number of H-pyrrole nitrogens is 1. The van der Waals surface area contributed by atoms with E-state index in [1.54, 1.807) is 19.2 Å². The van der Waals surface area contributed by atoms with Crippen LogP contribution in [0.3, 0.4) is 0 Å². The van der Waals surface area contributed by atoms with Crippen LogP contribution in [0.25, 0.3) is 0 Å². The van der Waals surface area contributed by atoms with Gasteiger partial charge in [0.2, 0.25) is 5.69 Å². The number of amides is 1. The minimum Gasteiger partial charge on any atom is -0.310 e. The quantitative estimate of drug-likeness (QED) is 0.679. The lowest BCUT2D eigenvalue weighted by Crippen LogP contribution is -2.27. The van der Waals surface area contributed by atoms with Gasteiger partial charge in [0.15, 0.2) is 0 Å². The summed E-state index contributed by atoms with van der Waals surface area (Å²) >= 11 is 0. The molecular weight excluding hydrogens is 284 g/mol. The maximum atomic E-state index is 12.5. The Morgan fingerprint density at radius 3 is 2.55 bits per heavy atom. The molecule has 0 fully saturated rings. The molecule has 0 aliphatic rings. The van der Waals surface area contributed by atoms with Crippen molar-refractivity contribution < 1.29 is 9.72 Å². The summed E-state index contributed by atoms with van der Waals surface area (Å²) in [5.41, 5.74) is 1.72. The summed E-state index contributed by atoms with van der Waals surface area (Å²) in [5.74, 6) is -0.505. The molecule has 0 aliphatic heterocycles. The summed E-state index contributed by atoms with van der Waals surface area (Å²) in [4.78, 5) is 24.6. The fourth-order valence-electron chi connectivity index (χ4n) is 2.19. The molecule has 1 aromatic heterocycles. The fourth-order valence-corrected chi connectivity index (χ4v) is 2.19. The van der Waals surface area contributed by atoms with Gasteiger partial charge in [-0.25, -0.2) is 0 Å². The van der Waals surface area contributed by atoms with Crippen LogP contribution in [0.15, 0.2) is 24.3 Å². The highest BCUT2D eigenvalue weighted by molar-refractivity contribution is 6.07. The van der Waals surface area contributed by atoms with E-state index in [0.717, 1.165) is 12.0 Å². The molecule has 0 saturated carbocycles. The van der Waals surface area contributed by atoms with Crippen molar-refractivity contribution in [3.8, 4) is 0 Å². The molecule has 1 N–H and O–H groups in total. The van der Waals surface area contributed by atoms with Gasteiger partial charge >= 0.3 is 5.69 Å². The van der Waals surface area contributed by atoms with Crippen LogP contribution in [-0.4, -0.2) is 28.1 Å². The van der Waals surface area contributed by atoms with Crippen LogP contribution in [0.4, 0.5) is 11.4 Å². The summed E-state index contributed by atoms with van der Waals surface area (Å²) in [6.45, 7) is 3.85. The number of rotatable bonds is 5. The average molecular weight is 302 g/mol. The highest BCUT2D eigenvalue weighted by Gasteiger charge is 2.30. The zero-order valence-corrected chi connectivity index (χ0v) is 12.8. The van der Waals surface area contributed by atoms with Crippen molar-refractivity contribution >= 4 is 17.3 Å². The minimum absolute atomic E-state index is 0.156. The first-order valence-corrected chi connectivity index (χ1v) is 7.02. The number of aryl methyl sites for hydroxylation is 2. The van der Waals surface area contributed by atoms with Crippen molar-refractivity contribution in [3.05, 3.63) is 51.3 Å². The molecule has 1 aromatic carbocycles. The van der Waals surface area contributed by atoms with Gasteiger partial charge in [-0.15, -0.1) is 0 Å². The van der Waals surface area contributed by atoms with Crippen molar-refractivity contribution in [2.75, 3.05) is 11.9 Å². The number of aromatic amines is 1. The third-order valence-corrected chi connectivity index (χ3v) is 3.42. The Bertz CT molecular complexity index is 691.